The molecule has 0 bridgehead atoms. The van der Waals surface area contributed by atoms with Crippen LogP contribution in [0.15, 0.2) is 0 Å². The SMILES string of the molecule is CCNC1CCC(CC2CCC(NCC)CC2)CC1. The minimum atomic E-state index is 0.825. The second kappa shape index (κ2) is 8.26. The summed E-state index contributed by atoms with van der Waals surface area (Å²) in [6.07, 6.45) is 13.1. The highest BCUT2D eigenvalue weighted by atomic mass is 14.9. The van der Waals surface area contributed by atoms with Crippen molar-refractivity contribution in [1.29, 1.82) is 0 Å². The molecule has 0 atom stereocenters. The van der Waals surface area contributed by atoms with E-state index in [-0.39, 0.29) is 0 Å². The number of hydrogen-bond donors (Lipinski definition) is 2. The molecule has 0 aromatic carbocycles. The van der Waals surface area contributed by atoms with E-state index in [4.69, 9.17) is 0 Å². The van der Waals surface area contributed by atoms with Gasteiger partial charge in [-0.25, -0.2) is 0 Å². The van der Waals surface area contributed by atoms with Gasteiger partial charge in [0.15, 0.2) is 0 Å². The van der Waals surface area contributed by atoms with E-state index >= 15 is 0 Å². The molecule has 2 saturated carbocycles. The lowest BCUT2D eigenvalue weighted by molar-refractivity contribution is 0.208. The van der Waals surface area contributed by atoms with E-state index in [2.05, 4.69) is 24.5 Å². The van der Waals surface area contributed by atoms with E-state index in [1.165, 1.54) is 57.8 Å². The van der Waals surface area contributed by atoms with Gasteiger partial charge in [-0.05, 0) is 82.7 Å². The summed E-state index contributed by atoms with van der Waals surface area (Å²) < 4.78 is 0. The number of hydrogen-bond acceptors (Lipinski definition) is 2. The highest BCUT2D eigenvalue weighted by molar-refractivity contribution is 4.82. The molecule has 2 rings (SSSR count). The van der Waals surface area contributed by atoms with Crippen molar-refractivity contribution < 1.29 is 0 Å². The molecule has 0 heterocycles. The van der Waals surface area contributed by atoms with Gasteiger partial charge in [-0.2, -0.15) is 0 Å². The van der Waals surface area contributed by atoms with Crippen molar-refractivity contribution in [2.75, 3.05) is 13.1 Å². The average Bonchev–Trinajstić information content (AvgIpc) is 2.44. The second-order valence-corrected chi connectivity index (χ2v) is 6.79. The zero-order valence-corrected chi connectivity index (χ0v) is 13.1. The van der Waals surface area contributed by atoms with Crippen molar-refractivity contribution in [3.8, 4) is 0 Å². The fraction of sp³-hybridized carbons (Fsp3) is 1.00. The largest absolute Gasteiger partial charge is 0.314 e. The summed E-state index contributed by atoms with van der Waals surface area (Å²) >= 11 is 0. The molecule has 0 aromatic rings. The molecule has 0 unspecified atom stereocenters. The van der Waals surface area contributed by atoms with Crippen LogP contribution >= 0.6 is 0 Å². The van der Waals surface area contributed by atoms with Crippen molar-refractivity contribution in [2.45, 2.75) is 83.7 Å². The van der Waals surface area contributed by atoms with Gasteiger partial charge < -0.3 is 10.6 Å². The maximum Gasteiger partial charge on any atom is 0.00671 e. The minimum absolute atomic E-state index is 0.825. The van der Waals surface area contributed by atoms with Crippen LogP contribution in [0.1, 0.15) is 71.6 Å². The molecular weight excluding hydrogens is 232 g/mol. The maximum atomic E-state index is 3.62. The Morgan fingerprint density at radius 1 is 0.632 bits per heavy atom. The van der Waals surface area contributed by atoms with Gasteiger partial charge in [0.05, 0.1) is 0 Å². The molecule has 2 aliphatic rings. The smallest absolute Gasteiger partial charge is 0.00671 e. The van der Waals surface area contributed by atoms with Crippen molar-refractivity contribution in [3.63, 3.8) is 0 Å². The molecule has 2 aliphatic carbocycles. The molecule has 0 amide bonds. The quantitative estimate of drug-likeness (QED) is 0.766. The molecule has 0 radical (unpaired) electrons. The standard InChI is InChI=1S/C17H34N2/c1-3-18-16-9-5-14(6-10-16)13-15-7-11-17(12-8-15)19-4-2/h14-19H,3-13H2,1-2H3. The molecule has 0 aliphatic heterocycles. The van der Waals surface area contributed by atoms with E-state index < -0.39 is 0 Å². The van der Waals surface area contributed by atoms with Gasteiger partial charge in [0.2, 0.25) is 0 Å². The molecule has 2 heteroatoms. The first-order valence-corrected chi connectivity index (χ1v) is 8.78. The Morgan fingerprint density at radius 2 is 1.00 bits per heavy atom. The van der Waals surface area contributed by atoms with Gasteiger partial charge in [-0.1, -0.05) is 13.8 Å². The molecule has 0 saturated heterocycles. The van der Waals surface area contributed by atoms with Crippen LogP contribution in [0.2, 0.25) is 0 Å². The van der Waals surface area contributed by atoms with E-state index in [1.54, 1.807) is 0 Å². The van der Waals surface area contributed by atoms with Crippen molar-refractivity contribution >= 4 is 0 Å². The normalized spacial score (nSPS) is 36.3. The van der Waals surface area contributed by atoms with Crippen LogP contribution in [0.4, 0.5) is 0 Å². The third-order valence-corrected chi connectivity index (χ3v) is 5.35. The third kappa shape index (κ3) is 5.07. The van der Waals surface area contributed by atoms with Crippen LogP contribution < -0.4 is 10.6 Å². The summed E-state index contributed by atoms with van der Waals surface area (Å²) in [6.45, 7) is 6.75. The van der Waals surface area contributed by atoms with Gasteiger partial charge in [-0.15, -0.1) is 0 Å². The van der Waals surface area contributed by atoms with Crippen molar-refractivity contribution in [3.05, 3.63) is 0 Å². The topological polar surface area (TPSA) is 24.1 Å². The molecule has 2 nitrogen and oxygen atoms in total. The molecule has 19 heavy (non-hydrogen) atoms. The summed E-state index contributed by atoms with van der Waals surface area (Å²) in [6, 6.07) is 1.65. The van der Waals surface area contributed by atoms with Crippen LogP contribution in [0.5, 0.6) is 0 Å². The Kier molecular flexibility index (Phi) is 6.66. The summed E-state index contributed by atoms with van der Waals surface area (Å²) in [5.74, 6) is 2.08. The van der Waals surface area contributed by atoms with E-state index in [0.29, 0.717) is 0 Å². The molecule has 2 fully saturated rings. The Hall–Kier alpha value is -0.0800. The lowest BCUT2D eigenvalue weighted by Crippen LogP contribution is -2.35. The van der Waals surface area contributed by atoms with Crippen LogP contribution in [0, 0.1) is 11.8 Å². The minimum Gasteiger partial charge on any atom is -0.314 e. The number of rotatable bonds is 6. The number of nitrogens with one attached hydrogen (secondary N) is 2. The predicted octanol–water partition coefficient (Wildman–Crippen LogP) is 3.71. The van der Waals surface area contributed by atoms with Crippen LogP contribution in [-0.4, -0.2) is 25.2 Å². The fourth-order valence-electron chi connectivity index (χ4n) is 4.25. The van der Waals surface area contributed by atoms with Crippen molar-refractivity contribution in [2.24, 2.45) is 11.8 Å². The predicted molar refractivity (Wildman–Crippen MR) is 83.5 cm³/mol. The zero-order valence-electron chi connectivity index (χ0n) is 13.1. The molecule has 0 spiro atoms. The van der Waals surface area contributed by atoms with Crippen LogP contribution in [0.3, 0.4) is 0 Å². The van der Waals surface area contributed by atoms with Gasteiger partial charge >= 0.3 is 0 Å². The van der Waals surface area contributed by atoms with Crippen molar-refractivity contribution in [1.82, 2.24) is 10.6 Å². The van der Waals surface area contributed by atoms with Gasteiger partial charge in [0.1, 0.15) is 0 Å². The first-order valence-electron chi connectivity index (χ1n) is 8.78. The molecule has 0 aromatic heterocycles. The fourth-order valence-corrected chi connectivity index (χ4v) is 4.25. The molecule has 112 valence electrons. The summed E-state index contributed by atoms with van der Waals surface area (Å²) in [4.78, 5) is 0. The first kappa shape index (κ1) is 15.3. The summed E-state index contributed by atoms with van der Waals surface area (Å²) in [7, 11) is 0. The Balaban J connectivity index is 1.61. The summed E-state index contributed by atoms with van der Waals surface area (Å²) in [5.41, 5.74) is 0. The maximum absolute atomic E-state index is 3.62. The van der Waals surface area contributed by atoms with Crippen LogP contribution in [0.25, 0.3) is 0 Å². The highest BCUT2D eigenvalue weighted by Gasteiger charge is 2.26. The van der Waals surface area contributed by atoms with E-state index in [9.17, 15) is 0 Å². The second-order valence-electron chi connectivity index (χ2n) is 6.79. The van der Waals surface area contributed by atoms with Gasteiger partial charge in [-0.3, -0.25) is 0 Å². The Labute approximate surface area is 120 Å². The van der Waals surface area contributed by atoms with E-state index in [1.807, 2.05) is 0 Å². The average molecular weight is 266 g/mol. The van der Waals surface area contributed by atoms with Gasteiger partial charge in [0.25, 0.3) is 0 Å². The molecular formula is C17H34N2. The Morgan fingerprint density at radius 3 is 1.32 bits per heavy atom. The van der Waals surface area contributed by atoms with Crippen LogP contribution in [-0.2, 0) is 0 Å². The zero-order chi connectivity index (χ0) is 13.5. The third-order valence-electron chi connectivity index (χ3n) is 5.35. The monoisotopic (exact) mass is 266 g/mol. The lowest BCUT2D eigenvalue weighted by atomic mass is 9.75. The van der Waals surface area contributed by atoms with E-state index in [0.717, 1.165) is 37.0 Å². The van der Waals surface area contributed by atoms with Gasteiger partial charge in [0, 0.05) is 12.1 Å². The highest BCUT2D eigenvalue weighted by Crippen LogP contribution is 2.35. The first-order chi connectivity index (χ1) is 9.31. The Bertz CT molecular complexity index is 201. The molecule has 2 N–H and O–H groups in total. The lowest BCUT2D eigenvalue weighted by Gasteiger charge is -2.34. The summed E-state index contributed by atoms with van der Waals surface area (Å²) in [5, 5.41) is 7.24.